The topological polar surface area (TPSA) is 39.1 Å². The fourth-order valence-corrected chi connectivity index (χ4v) is 5.69. The number of benzene rings is 3. The molecule has 37 heavy (non-hydrogen) atoms. The van der Waals surface area contributed by atoms with Crippen molar-refractivity contribution in [2.45, 2.75) is 25.3 Å². The number of hydrogen-bond donors (Lipinski definition) is 0. The number of anilines is 2. The van der Waals surface area contributed by atoms with E-state index in [1.165, 1.54) is 11.3 Å². The molecule has 190 valence electrons. The van der Waals surface area contributed by atoms with Crippen LogP contribution >= 0.6 is 15.9 Å². The summed E-state index contributed by atoms with van der Waals surface area (Å²) in [4.78, 5) is 18.0. The monoisotopic (exact) mass is 556 g/mol. The molecule has 6 heteroatoms. The predicted molar refractivity (Wildman–Crippen MR) is 157 cm³/mol. The second-order valence-corrected chi connectivity index (χ2v) is 11.1. The van der Waals surface area contributed by atoms with Gasteiger partial charge < -0.3 is 9.80 Å². The summed E-state index contributed by atoms with van der Waals surface area (Å²) in [6.45, 7) is 0. The summed E-state index contributed by atoms with van der Waals surface area (Å²) in [6, 6.07) is 24.6. The largest absolute Gasteiger partial charge is 0.378 e. The van der Waals surface area contributed by atoms with E-state index in [-0.39, 0.29) is 17.9 Å². The number of amides is 1. The summed E-state index contributed by atoms with van der Waals surface area (Å²) < 4.78 is 0.885. The Kier molecular flexibility index (Phi) is 7.20. The molecule has 1 aliphatic heterocycles. The number of hydrazone groups is 1. The van der Waals surface area contributed by atoms with E-state index in [2.05, 4.69) is 94.4 Å². The maximum Gasteiger partial charge on any atom is 0.274 e. The SMILES string of the molecule is CN(C)c1ccc(/C=C2/CCC[C@@H]3C2=NN(C(=O)c2cccc(Br)c2)[C@H]3c2ccc(N(C)C)cc2)cc1. The lowest BCUT2D eigenvalue weighted by molar-refractivity contribution is 0.0681. The summed E-state index contributed by atoms with van der Waals surface area (Å²) in [5.41, 5.74) is 7.51. The minimum Gasteiger partial charge on any atom is -0.378 e. The molecule has 3 aromatic rings. The number of halogens is 1. The molecule has 1 amide bonds. The number of carbonyl (C=O) groups is 1. The molecule has 0 aromatic heterocycles. The number of carbonyl (C=O) groups excluding carboxylic acids is 1. The van der Waals surface area contributed by atoms with Crippen LogP contribution in [0.15, 0.2) is 87.9 Å². The van der Waals surface area contributed by atoms with Crippen molar-refractivity contribution in [2.75, 3.05) is 38.0 Å². The maximum absolute atomic E-state index is 13.8. The fraction of sp³-hybridized carbons (Fsp3) is 0.290. The normalized spacial score (nSPS) is 20.0. The maximum atomic E-state index is 13.8. The smallest absolute Gasteiger partial charge is 0.274 e. The van der Waals surface area contributed by atoms with E-state index < -0.39 is 0 Å². The van der Waals surface area contributed by atoms with Gasteiger partial charge in [0.1, 0.15) is 0 Å². The molecular formula is C31H33BrN4O. The van der Waals surface area contributed by atoms with E-state index in [0.29, 0.717) is 5.56 Å². The third-order valence-electron chi connectivity index (χ3n) is 7.28. The van der Waals surface area contributed by atoms with Crippen LogP contribution < -0.4 is 9.80 Å². The van der Waals surface area contributed by atoms with Gasteiger partial charge in [-0.05, 0) is 84.5 Å². The molecule has 3 aromatic carbocycles. The van der Waals surface area contributed by atoms with Crippen LogP contribution in [-0.2, 0) is 0 Å². The summed E-state index contributed by atoms with van der Waals surface area (Å²) >= 11 is 3.52. The van der Waals surface area contributed by atoms with Gasteiger partial charge in [0, 0.05) is 55.5 Å². The summed E-state index contributed by atoms with van der Waals surface area (Å²) in [7, 11) is 8.18. The van der Waals surface area contributed by atoms with Crippen molar-refractivity contribution in [2.24, 2.45) is 11.0 Å². The third kappa shape index (κ3) is 5.21. The van der Waals surface area contributed by atoms with Gasteiger partial charge in [-0.2, -0.15) is 5.10 Å². The average Bonchev–Trinajstić information content (AvgIpc) is 3.29. The van der Waals surface area contributed by atoms with Crippen molar-refractivity contribution < 1.29 is 4.79 Å². The number of nitrogens with zero attached hydrogens (tertiary/aromatic N) is 4. The number of rotatable bonds is 5. The van der Waals surface area contributed by atoms with Crippen LogP contribution in [-0.4, -0.2) is 44.8 Å². The van der Waals surface area contributed by atoms with Crippen LogP contribution in [0.3, 0.4) is 0 Å². The Labute approximate surface area is 228 Å². The van der Waals surface area contributed by atoms with Gasteiger partial charge in [-0.3, -0.25) is 4.79 Å². The molecule has 0 saturated heterocycles. The first-order chi connectivity index (χ1) is 17.8. The van der Waals surface area contributed by atoms with Crippen LogP contribution in [0.25, 0.3) is 6.08 Å². The lowest BCUT2D eigenvalue weighted by Gasteiger charge is -2.30. The van der Waals surface area contributed by atoms with E-state index in [4.69, 9.17) is 5.10 Å². The van der Waals surface area contributed by atoms with Gasteiger partial charge in [0.05, 0.1) is 11.8 Å². The van der Waals surface area contributed by atoms with E-state index in [9.17, 15) is 4.79 Å². The molecule has 1 saturated carbocycles. The van der Waals surface area contributed by atoms with Crippen LogP contribution in [0.4, 0.5) is 11.4 Å². The van der Waals surface area contributed by atoms with Crippen molar-refractivity contribution >= 4 is 45.0 Å². The average molecular weight is 558 g/mol. The van der Waals surface area contributed by atoms with E-state index in [0.717, 1.165) is 46.3 Å². The first-order valence-corrected chi connectivity index (χ1v) is 13.5. The zero-order valence-electron chi connectivity index (χ0n) is 21.9. The molecule has 2 aliphatic rings. The van der Waals surface area contributed by atoms with Gasteiger partial charge in [0.2, 0.25) is 0 Å². The Balaban J connectivity index is 1.55. The quantitative estimate of drug-likeness (QED) is 0.339. The summed E-state index contributed by atoms with van der Waals surface area (Å²) in [5, 5.41) is 6.79. The van der Waals surface area contributed by atoms with Gasteiger partial charge in [-0.15, -0.1) is 0 Å². The molecule has 0 spiro atoms. The Bertz CT molecular complexity index is 1340. The van der Waals surface area contributed by atoms with Crippen molar-refractivity contribution in [3.05, 3.63) is 99.5 Å². The second kappa shape index (κ2) is 10.5. The number of hydrogen-bond acceptors (Lipinski definition) is 4. The first-order valence-electron chi connectivity index (χ1n) is 12.7. The van der Waals surface area contributed by atoms with Gasteiger partial charge in [0.15, 0.2) is 0 Å². The van der Waals surface area contributed by atoms with Gasteiger partial charge >= 0.3 is 0 Å². The molecule has 5 nitrogen and oxygen atoms in total. The third-order valence-corrected chi connectivity index (χ3v) is 7.78. The molecule has 0 N–H and O–H groups in total. The zero-order valence-corrected chi connectivity index (χ0v) is 23.4. The highest BCUT2D eigenvalue weighted by atomic mass is 79.9. The molecule has 1 aliphatic carbocycles. The number of fused-ring (bicyclic) bond motifs is 1. The van der Waals surface area contributed by atoms with E-state index in [1.54, 1.807) is 5.01 Å². The highest BCUT2D eigenvalue weighted by Crippen LogP contribution is 2.45. The molecule has 2 atom stereocenters. The van der Waals surface area contributed by atoms with Crippen LogP contribution in [0.5, 0.6) is 0 Å². The van der Waals surface area contributed by atoms with Crippen molar-refractivity contribution in [3.63, 3.8) is 0 Å². The Morgan fingerprint density at radius 3 is 2.22 bits per heavy atom. The van der Waals surface area contributed by atoms with Crippen molar-refractivity contribution in [3.8, 4) is 0 Å². The molecular weight excluding hydrogens is 524 g/mol. The van der Waals surface area contributed by atoms with Gasteiger partial charge in [0.25, 0.3) is 5.91 Å². The van der Waals surface area contributed by atoms with E-state index >= 15 is 0 Å². The fourth-order valence-electron chi connectivity index (χ4n) is 5.29. The van der Waals surface area contributed by atoms with Crippen molar-refractivity contribution in [1.29, 1.82) is 0 Å². The van der Waals surface area contributed by atoms with Crippen LogP contribution in [0, 0.1) is 5.92 Å². The van der Waals surface area contributed by atoms with Crippen LogP contribution in [0.1, 0.15) is 46.8 Å². The standard InChI is InChI=1S/C31H33BrN4O/c1-34(2)26-15-11-21(12-16-26)19-23-7-6-10-28-29(23)33-36(31(37)24-8-5-9-25(32)20-24)30(28)22-13-17-27(18-14-22)35(3)4/h5,8-9,11-20,28,30H,6-7,10H2,1-4H3/b23-19-/t28-,30+/m1/s1. The Hall–Kier alpha value is -3.38. The number of allylic oxidation sites excluding steroid dienone is 1. The summed E-state index contributed by atoms with van der Waals surface area (Å²) in [5.74, 6) is 0.0990. The molecule has 0 radical (unpaired) electrons. The first kappa shape index (κ1) is 25.3. The molecule has 0 unspecified atom stereocenters. The zero-order chi connectivity index (χ0) is 26.1. The highest BCUT2D eigenvalue weighted by molar-refractivity contribution is 9.10. The lowest BCUT2D eigenvalue weighted by Crippen LogP contribution is -2.32. The highest BCUT2D eigenvalue weighted by Gasteiger charge is 2.44. The Morgan fingerprint density at radius 2 is 1.59 bits per heavy atom. The van der Waals surface area contributed by atoms with Gasteiger partial charge in [-0.1, -0.05) is 46.3 Å². The lowest BCUT2D eigenvalue weighted by atomic mass is 9.77. The second-order valence-electron chi connectivity index (χ2n) is 10.2. The minimum absolute atomic E-state index is 0.0698. The van der Waals surface area contributed by atoms with Crippen LogP contribution in [0.2, 0.25) is 0 Å². The Morgan fingerprint density at radius 1 is 0.946 bits per heavy atom. The summed E-state index contributed by atoms with van der Waals surface area (Å²) in [6.07, 6.45) is 5.31. The van der Waals surface area contributed by atoms with E-state index in [1.807, 2.05) is 38.4 Å². The molecule has 5 rings (SSSR count). The molecule has 1 heterocycles. The van der Waals surface area contributed by atoms with Crippen molar-refractivity contribution in [1.82, 2.24) is 5.01 Å². The predicted octanol–water partition coefficient (Wildman–Crippen LogP) is 7.02. The minimum atomic E-state index is -0.127. The molecule has 0 bridgehead atoms. The molecule has 1 fully saturated rings. The van der Waals surface area contributed by atoms with Gasteiger partial charge in [-0.25, -0.2) is 5.01 Å².